The SMILES string of the molecule is COc1cc(OC)c(Nc2ncnc(N)c2OC)cc1Cl. The van der Waals surface area contributed by atoms with Gasteiger partial charge in [-0.2, -0.15) is 0 Å². The molecule has 0 saturated carbocycles. The molecule has 112 valence electrons. The van der Waals surface area contributed by atoms with Crippen LogP contribution in [0.1, 0.15) is 0 Å². The van der Waals surface area contributed by atoms with E-state index in [2.05, 4.69) is 15.3 Å². The predicted octanol–water partition coefficient (Wildman–Crippen LogP) is 2.48. The average Bonchev–Trinajstić information content (AvgIpc) is 2.48. The van der Waals surface area contributed by atoms with E-state index in [0.717, 1.165) is 0 Å². The van der Waals surface area contributed by atoms with E-state index in [1.165, 1.54) is 20.5 Å². The minimum Gasteiger partial charge on any atom is -0.495 e. The van der Waals surface area contributed by atoms with Crippen molar-refractivity contribution >= 4 is 28.9 Å². The summed E-state index contributed by atoms with van der Waals surface area (Å²) in [6, 6.07) is 3.33. The smallest absolute Gasteiger partial charge is 0.204 e. The molecule has 21 heavy (non-hydrogen) atoms. The van der Waals surface area contributed by atoms with Crippen LogP contribution in [0.25, 0.3) is 0 Å². The standard InChI is InChI=1S/C13H15ClN4O3/c1-19-9-5-10(20-2)8(4-7(9)14)18-13-11(21-3)12(15)16-6-17-13/h4-6H,1-3H3,(H3,15,16,17,18). The van der Waals surface area contributed by atoms with E-state index in [4.69, 9.17) is 31.5 Å². The fraction of sp³-hybridized carbons (Fsp3) is 0.231. The number of nitrogens with one attached hydrogen (secondary N) is 1. The number of rotatable bonds is 5. The van der Waals surface area contributed by atoms with Gasteiger partial charge in [0.2, 0.25) is 5.75 Å². The third-order valence-electron chi connectivity index (χ3n) is 2.76. The van der Waals surface area contributed by atoms with Crippen molar-refractivity contribution in [1.82, 2.24) is 9.97 Å². The van der Waals surface area contributed by atoms with Gasteiger partial charge < -0.3 is 25.3 Å². The van der Waals surface area contributed by atoms with Gasteiger partial charge in [-0.25, -0.2) is 9.97 Å². The predicted molar refractivity (Wildman–Crippen MR) is 80.8 cm³/mol. The zero-order valence-electron chi connectivity index (χ0n) is 11.8. The highest BCUT2D eigenvalue weighted by Gasteiger charge is 2.14. The number of aromatic nitrogens is 2. The molecule has 1 heterocycles. The van der Waals surface area contributed by atoms with Crippen molar-refractivity contribution in [3.8, 4) is 17.2 Å². The summed E-state index contributed by atoms with van der Waals surface area (Å²) >= 11 is 6.12. The van der Waals surface area contributed by atoms with Crippen molar-refractivity contribution < 1.29 is 14.2 Å². The first-order valence-corrected chi connectivity index (χ1v) is 6.31. The number of nitrogen functional groups attached to an aromatic ring is 1. The first-order chi connectivity index (χ1) is 10.1. The largest absolute Gasteiger partial charge is 0.495 e. The minimum atomic E-state index is 0.230. The molecule has 1 aromatic carbocycles. The third-order valence-corrected chi connectivity index (χ3v) is 3.06. The van der Waals surface area contributed by atoms with E-state index < -0.39 is 0 Å². The summed E-state index contributed by atoms with van der Waals surface area (Å²) < 4.78 is 15.6. The first-order valence-electron chi connectivity index (χ1n) is 5.93. The maximum atomic E-state index is 6.12. The van der Waals surface area contributed by atoms with Crippen LogP contribution in [0, 0.1) is 0 Å². The molecule has 2 aromatic rings. The van der Waals surface area contributed by atoms with Crippen LogP contribution in [0.4, 0.5) is 17.3 Å². The summed E-state index contributed by atoms with van der Waals surface area (Å²) in [6.45, 7) is 0. The number of hydrogen-bond donors (Lipinski definition) is 2. The van der Waals surface area contributed by atoms with Crippen molar-refractivity contribution in [3.05, 3.63) is 23.5 Å². The second-order valence-electron chi connectivity index (χ2n) is 3.95. The highest BCUT2D eigenvalue weighted by atomic mass is 35.5. The number of nitrogens with two attached hydrogens (primary N) is 1. The maximum Gasteiger partial charge on any atom is 0.204 e. The van der Waals surface area contributed by atoms with Crippen LogP contribution in [0.5, 0.6) is 17.2 Å². The van der Waals surface area contributed by atoms with Gasteiger partial charge in [-0.1, -0.05) is 11.6 Å². The summed E-state index contributed by atoms with van der Waals surface area (Å²) in [6.07, 6.45) is 1.33. The molecule has 1 aromatic heterocycles. The van der Waals surface area contributed by atoms with Crippen LogP contribution in [0.15, 0.2) is 18.5 Å². The van der Waals surface area contributed by atoms with E-state index in [0.29, 0.717) is 33.8 Å². The van der Waals surface area contributed by atoms with E-state index >= 15 is 0 Å². The molecule has 0 fully saturated rings. The summed E-state index contributed by atoms with van der Waals surface area (Å²) in [5, 5.41) is 3.49. The van der Waals surface area contributed by atoms with Crippen molar-refractivity contribution in [3.63, 3.8) is 0 Å². The topological polar surface area (TPSA) is 91.5 Å². The molecule has 0 atom stereocenters. The number of ether oxygens (including phenoxy) is 3. The highest BCUT2D eigenvalue weighted by Crippen LogP contribution is 2.39. The van der Waals surface area contributed by atoms with Crippen LogP contribution in [0.2, 0.25) is 5.02 Å². The van der Waals surface area contributed by atoms with Gasteiger partial charge in [0, 0.05) is 6.07 Å². The van der Waals surface area contributed by atoms with Crippen LogP contribution in [0.3, 0.4) is 0 Å². The van der Waals surface area contributed by atoms with Crippen molar-refractivity contribution in [1.29, 1.82) is 0 Å². The Morgan fingerprint density at radius 3 is 2.38 bits per heavy atom. The summed E-state index contributed by atoms with van der Waals surface area (Å²) in [7, 11) is 4.56. The number of hydrogen-bond acceptors (Lipinski definition) is 7. The van der Waals surface area contributed by atoms with Crippen molar-refractivity contribution in [2.24, 2.45) is 0 Å². The molecule has 0 radical (unpaired) electrons. The average molecular weight is 311 g/mol. The normalized spacial score (nSPS) is 10.1. The lowest BCUT2D eigenvalue weighted by Gasteiger charge is -2.15. The fourth-order valence-electron chi connectivity index (χ4n) is 1.76. The first kappa shape index (κ1) is 15.0. The van der Waals surface area contributed by atoms with Crippen LogP contribution in [-0.2, 0) is 0 Å². The molecule has 0 bridgehead atoms. The number of halogens is 1. The Balaban J connectivity index is 2.44. The lowest BCUT2D eigenvalue weighted by molar-refractivity contribution is 0.395. The van der Waals surface area contributed by atoms with Gasteiger partial charge >= 0.3 is 0 Å². The van der Waals surface area contributed by atoms with Gasteiger partial charge in [0.15, 0.2) is 11.6 Å². The lowest BCUT2D eigenvalue weighted by atomic mass is 10.2. The van der Waals surface area contributed by atoms with Crippen molar-refractivity contribution in [2.75, 3.05) is 32.4 Å². The van der Waals surface area contributed by atoms with Gasteiger partial charge in [0.1, 0.15) is 17.8 Å². The highest BCUT2D eigenvalue weighted by molar-refractivity contribution is 6.32. The van der Waals surface area contributed by atoms with E-state index in [1.54, 1.807) is 19.2 Å². The number of methoxy groups -OCH3 is 3. The Kier molecular flexibility index (Phi) is 4.54. The van der Waals surface area contributed by atoms with Gasteiger partial charge in [-0.15, -0.1) is 0 Å². The monoisotopic (exact) mass is 310 g/mol. The third kappa shape index (κ3) is 3.03. The van der Waals surface area contributed by atoms with Crippen molar-refractivity contribution in [2.45, 2.75) is 0 Å². The molecular weight excluding hydrogens is 296 g/mol. The zero-order chi connectivity index (χ0) is 15.4. The molecule has 3 N–H and O–H groups in total. The molecule has 0 aliphatic heterocycles. The Morgan fingerprint density at radius 1 is 1.05 bits per heavy atom. The van der Waals surface area contributed by atoms with E-state index in [-0.39, 0.29) is 5.82 Å². The minimum absolute atomic E-state index is 0.230. The Hall–Kier alpha value is -2.41. The van der Waals surface area contributed by atoms with E-state index in [9.17, 15) is 0 Å². The summed E-state index contributed by atoms with van der Waals surface area (Å²) in [4.78, 5) is 7.96. The number of nitrogens with zero attached hydrogens (tertiary/aromatic N) is 2. The van der Waals surface area contributed by atoms with Gasteiger partial charge in [-0.05, 0) is 6.07 Å². The molecule has 0 unspecified atom stereocenters. The second kappa shape index (κ2) is 6.36. The Morgan fingerprint density at radius 2 is 1.76 bits per heavy atom. The zero-order valence-corrected chi connectivity index (χ0v) is 12.6. The molecule has 0 amide bonds. The molecule has 0 aliphatic rings. The molecule has 0 saturated heterocycles. The molecule has 7 nitrogen and oxygen atoms in total. The Bertz CT molecular complexity index is 652. The number of anilines is 3. The maximum absolute atomic E-state index is 6.12. The molecule has 2 rings (SSSR count). The summed E-state index contributed by atoms with van der Waals surface area (Å²) in [5.74, 6) is 2.02. The number of benzene rings is 1. The van der Waals surface area contributed by atoms with Gasteiger partial charge in [-0.3, -0.25) is 0 Å². The molecule has 8 heteroatoms. The van der Waals surface area contributed by atoms with Gasteiger partial charge in [0.25, 0.3) is 0 Å². The van der Waals surface area contributed by atoms with E-state index in [1.807, 2.05) is 0 Å². The quantitative estimate of drug-likeness (QED) is 0.876. The van der Waals surface area contributed by atoms with Gasteiger partial charge in [0.05, 0.1) is 32.0 Å². The molecule has 0 spiro atoms. The second-order valence-corrected chi connectivity index (χ2v) is 4.36. The lowest BCUT2D eigenvalue weighted by Crippen LogP contribution is -2.04. The fourth-order valence-corrected chi connectivity index (χ4v) is 2.00. The van der Waals surface area contributed by atoms with Crippen LogP contribution in [-0.4, -0.2) is 31.3 Å². The van der Waals surface area contributed by atoms with Crippen LogP contribution < -0.4 is 25.3 Å². The molecular formula is C13H15ClN4O3. The van der Waals surface area contributed by atoms with Crippen LogP contribution >= 0.6 is 11.6 Å². The molecule has 0 aliphatic carbocycles. The Labute approximate surface area is 127 Å². The summed E-state index contributed by atoms with van der Waals surface area (Å²) in [5.41, 5.74) is 6.34.